The lowest BCUT2D eigenvalue weighted by atomic mass is 9.72. The van der Waals surface area contributed by atoms with Crippen LogP contribution in [-0.4, -0.2) is 57.3 Å². The van der Waals surface area contributed by atoms with Gasteiger partial charge < -0.3 is 9.68 Å². The van der Waals surface area contributed by atoms with Crippen molar-refractivity contribution in [2.45, 2.75) is 70.6 Å². The minimum Gasteiger partial charge on any atom is -0.318 e. The minimum absolute atomic E-state index is 0.0555. The molecule has 0 fully saturated rings. The SMILES string of the molecule is CC(=O)O/N=C(/C(=O)c1ccc2c(c1)C(CCBr)(CCBr)c1cc(C3=CCC(/C(=N\OC(C)=O)C(=O)c4ccc5c(c4)C(CCCl)(CCCl)c4ccccc4-5)C(C)=C3)ccc1-2)c1ccccc1C. The Balaban J connectivity index is 1.13. The first-order valence-corrected chi connectivity index (χ1v) is 26.0. The third-order valence-corrected chi connectivity index (χ3v) is 15.0. The van der Waals surface area contributed by atoms with Crippen molar-refractivity contribution < 1.29 is 28.9 Å². The van der Waals surface area contributed by atoms with Crippen LogP contribution in [0.3, 0.4) is 0 Å². The minimum atomic E-state index is -0.621. The van der Waals surface area contributed by atoms with Crippen molar-refractivity contribution in [2.75, 3.05) is 22.4 Å². The third kappa shape index (κ3) is 9.05. The van der Waals surface area contributed by atoms with Crippen molar-refractivity contribution in [1.29, 1.82) is 0 Å². The highest BCUT2D eigenvalue weighted by Gasteiger charge is 2.45. The molecule has 1 unspecified atom stereocenters. The maximum absolute atomic E-state index is 14.8. The molecule has 348 valence electrons. The molecule has 0 amide bonds. The van der Waals surface area contributed by atoms with E-state index in [9.17, 15) is 19.2 Å². The number of nitrogens with zero attached hydrogens (tertiary/aromatic N) is 2. The van der Waals surface area contributed by atoms with Gasteiger partial charge >= 0.3 is 11.9 Å². The molecule has 1 atom stereocenters. The lowest BCUT2D eigenvalue weighted by Crippen LogP contribution is -2.29. The predicted molar refractivity (Wildman–Crippen MR) is 280 cm³/mol. The first-order chi connectivity index (χ1) is 32.8. The number of benzene rings is 5. The van der Waals surface area contributed by atoms with Gasteiger partial charge in [-0.3, -0.25) is 9.59 Å². The van der Waals surface area contributed by atoms with Crippen molar-refractivity contribution >= 4 is 95.6 Å². The number of carbonyl (C=O) groups excluding carboxylic acids is 4. The van der Waals surface area contributed by atoms with E-state index in [-0.39, 0.29) is 23.0 Å². The first-order valence-electron chi connectivity index (χ1n) is 22.6. The average Bonchev–Trinajstić information content (AvgIpc) is 3.75. The van der Waals surface area contributed by atoms with Gasteiger partial charge in [0.25, 0.3) is 0 Å². The summed E-state index contributed by atoms with van der Waals surface area (Å²) in [4.78, 5) is 63.6. The summed E-state index contributed by atoms with van der Waals surface area (Å²) in [5.41, 5.74) is 13.1. The first kappa shape index (κ1) is 49.2. The number of aryl methyl sites for hydroxylation is 1. The second-order valence-corrected chi connectivity index (χ2v) is 20.0. The molecule has 8 rings (SSSR count). The van der Waals surface area contributed by atoms with Crippen molar-refractivity contribution in [3.63, 3.8) is 0 Å². The Morgan fingerprint density at radius 2 is 1.16 bits per heavy atom. The second kappa shape index (κ2) is 20.8. The van der Waals surface area contributed by atoms with Crippen LogP contribution >= 0.6 is 55.1 Å². The van der Waals surface area contributed by atoms with Crippen LogP contribution in [0.5, 0.6) is 0 Å². The molecule has 0 aliphatic heterocycles. The summed E-state index contributed by atoms with van der Waals surface area (Å²) in [6.45, 7) is 6.39. The van der Waals surface area contributed by atoms with E-state index in [1.165, 1.54) is 13.8 Å². The van der Waals surface area contributed by atoms with Crippen molar-refractivity contribution in [1.82, 2.24) is 0 Å². The molecule has 5 aromatic carbocycles. The van der Waals surface area contributed by atoms with Gasteiger partial charge in [0.1, 0.15) is 5.71 Å². The van der Waals surface area contributed by atoms with E-state index in [0.717, 1.165) is 79.6 Å². The van der Waals surface area contributed by atoms with Crippen molar-refractivity contribution in [3.05, 3.63) is 171 Å². The average molecular weight is 1080 g/mol. The molecule has 3 aliphatic rings. The maximum Gasteiger partial charge on any atom is 0.332 e. The molecule has 8 nitrogen and oxygen atoms in total. The molecule has 12 heteroatoms. The van der Waals surface area contributed by atoms with Crippen LogP contribution in [0.15, 0.2) is 131 Å². The number of oxime groups is 2. The molecule has 68 heavy (non-hydrogen) atoms. The number of allylic oxidation sites excluding steroid dienone is 4. The van der Waals surface area contributed by atoms with Crippen molar-refractivity contribution in [2.24, 2.45) is 16.2 Å². The van der Waals surface area contributed by atoms with Crippen LogP contribution in [0.25, 0.3) is 27.8 Å². The van der Waals surface area contributed by atoms with Gasteiger partial charge in [0, 0.05) is 69.7 Å². The van der Waals surface area contributed by atoms with Gasteiger partial charge in [0.05, 0.1) is 0 Å². The zero-order valence-electron chi connectivity index (χ0n) is 38.3. The van der Waals surface area contributed by atoms with Crippen molar-refractivity contribution in [3.8, 4) is 22.3 Å². The lowest BCUT2D eigenvalue weighted by molar-refractivity contribution is -0.141. The molecule has 0 saturated heterocycles. The fraction of sp³-hybridized carbons (Fsp3) is 0.286. The zero-order chi connectivity index (χ0) is 48.3. The van der Waals surface area contributed by atoms with Gasteiger partial charge in [-0.1, -0.05) is 145 Å². The van der Waals surface area contributed by atoms with Crippen LogP contribution < -0.4 is 0 Å². The number of hydrogen-bond donors (Lipinski definition) is 0. The van der Waals surface area contributed by atoms with E-state index >= 15 is 0 Å². The highest BCUT2D eigenvalue weighted by molar-refractivity contribution is 9.09. The Morgan fingerprint density at radius 1 is 0.632 bits per heavy atom. The Hall–Kier alpha value is -5.26. The van der Waals surface area contributed by atoms with Gasteiger partial charge in [-0.2, -0.15) is 0 Å². The number of carbonyl (C=O) groups is 4. The zero-order valence-corrected chi connectivity index (χ0v) is 43.0. The van der Waals surface area contributed by atoms with Crippen LogP contribution in [0.1, 0.15) is 113 Å². The van der Waals surface area contributed by atoms with Crippen LogP contribution in [0, 0.1) is 12.8 Å². The summed E-state index contributed by atoms with van der Waals surface area (Å²) in [6, 6.07) is 33.8. The fourth-order valence-electron chi connectivity index (χ4n) is 10.6. The Morgan fingerprint density at radius 3 is 1.75 bits per heavy atom. The lowest BCUT2D eigenvalue weighted by Gasteiger charge is -2.32. The number of alkyl halides is 4. The number of rotatable bonds is 17. The third-order valence-electron chi connectivity index (χ3n) is 13.8. The predicted octanol–water partition coefficient (Wildman–Crippen LogP) is 13.7. The summed E-state index contributed by atoms with van der Waals surface area (Å²) in [5, 5.41) is 9.75. The monoisotopic (exact) mass is 1070 g/mol. The number of Topliss-reactive ketones (excluding diaryl/α,β-unsaturated/α-hetero) is 2. The Labute approximate surface area is 424 Å². The van der Waals surface area contributed by atoms with E-state index in [0.29, 0.717) is 58.4 Å². The molecule has 0 N–H and O–H groups in total. The van der Waals surface area contributed by atoms with Gasteiger partial charge in [0.15, 0.2) is 5.71 Å². The Bertz CT molecular complexity index is 2980. The summed E-state index contributed by atoms with van der Waals surface area (Å²) in [6.07, 6.45) is 7.47. The van der Waals surface area contributed by atoms with Crippen LogP contribution in [-0.2, 0) is 30.1 Å². The highest BCUT2D eigenvalue weighted by Crippen LogP contribution is 2.55. The standard InChI is InChI=1S/C56H50Br2Cl2N2O6/c1-33-9-5-6-10-41(33)51(61-67-35(3)63)53(65)39-16-20-46-45-18-14-38(30-48(45)55(21-25-57,22-26-58)49(46)31-39)37-13-17-42(34(2)29-37)52(62-68-36(4)64)54(66)40-15-19-44-43-11-7-8-12-47(43)56(23-27-59,24-28-60)50(44)32-40/h5-16,18-20,29-32,42H,17,21-28H2,1-4H3/b61-51+,62-52+. The maximum atomic E-state index is 14.8. The normalized spacial score (nSPS) is 16.4. The van der Waals surface area contributed by atoms with Crippen LogP contribution in [0.4, 0.5) is 0 Å². The fourth-order valence-corrected chi connectivity index (χ4v) is 12.6. The number of fused-ring (bicyclic) bond motifs is 6. The molecule has 0 heterocycles. The van der Waals surface area contributed by atoms with E-state index in [1.54, 1.807) is 6.07 Å². The number of hydrogen-bond acceptors (Lipinski definition) is 8. The molecule has 3 aliphatic carbocycles. The van der Waals surface area contributed by atoms with Crippen LogP contribution in [0.2, 0.25) is 0 Å². The summed E-state index contributed by atoms with van der Waals surface area (Å²) in [7, 11) is 0. The molecular formula is C56H50Br2Cl2N2O6. The van der Waals surface area contributed by atoms with Gasteiger partial charge in [-0.25, -0.2) is 9.59 Å². The topological polar surface area (TPSA) is 111 Å². The quantitative estimate of drug-likeness (QED) is 0.0301. The van der Waals surface area contributed by atoms with Gasteiger partial charge in [0.2, 0.25) is 11.6 Å². The molecule has 0 saturated carbocycles. The Kier molecular flexibility index (Phi) is 15.0. The summed E-state index contributed by atoms with van der Waals surface area (Å²) < 4.78 is 0. The van der Waals surface area contributed by atoms with Gasteiger partial charge in [-0.15, -0.1) is 23.2 Å². The number of ketones is 2. The largest absolute Gasteiger partial charge is 0.332 e. The second-order valence-electron chi connectivity index (χ2n) is 17.6. The molecule has 0 spiro atoms. The highest BCUT2D eigenvalue weighted by atomic mass is 79.9. The molecule has 0 radical (unpaired) electrons. The molecule has 0 aromatic heterocycles. The summed E-state index contributed by atoms with van der Waals surface area (Å²) in [5.74, 6) is -1.54. The molecule has 5 aromatic rings. The molecule has 0 bridgehead atoms. The van der Waals surface area contributed by atoms with Gasteiger partial charge in [-0.05, 0) is 125 Å². The van der Waals surface area contributed by atoms with E-state index in [1.807, 2.05) is 80.6 Å². The smallest absolute Gasteiger partial charge is 0.318 e. The van der Waals surface area contributed by atoms with E-state index in [2.05, 4.69) is 84.7 Å². The number of halogens is 4. The molecular weight excluding hydrogens is 1030 g/mol. The van der Waals surface area contributed by atoms with E-state index in [4.69, 9.17) is 32.9 Å². The summed E-state index contributed by atoms with van der Waals surface area (Å²) >= 11 is 20.5. The van der Waals surface area contributed by atoms with E-state index < -0.39 is 28.7 Å².